The first kappa shape index (κ1) is 13.6. The molecule has 0 amide bonds. The molecule has 100 valence electrons. The van der Waals surface area contributed by atoms with Crippen molar-refractivity contribution in [2.75, 3.05) is 13.1 Å². The van der Waals surface area contributed by atoms with E-state index in [2.05, 4.69) is 43.0 Å². The minimum Gasteiger partial charge on any atom is -0.321 e. The summed E-state index contributed by atoms with van der Waals surface area (Å²) in [6, 6.07) is 8.98. The van der Waals surface area contributed by atoms with E-state index < -0.39 is 0 Å². The van der Waals surface area contributed by atoms with E-state index in [0.717, 1.165) is 32.5 Å². The molecule has 2 heteroatoms. The first-order valence-electron chi connectivity index (χ1n) is 7.28. The zero-order valence-electron chi connectivity index (χ0n) is 11.8. The number of rotatable bonds is 5. The van der Waals surface area contributed by atoms with E-state index >= 15 is 0 Å². The maximum Gasteiger partial charge on any atom is 0.0409 e. The normalized spacial score (nSPS) is 18.4. The number of hydrogen-bond donors (Lipinski definition) is 1. The van der Waals surface area contributed by atoms with Crippen molar-refractivity contribution in [3.63, 3.8) is 0 Å². The molecule has 0 radical (unpaired) electrons. The molecule has 1 aromatic carbocycles. The maximum absolute atomic E-state index is 6.47. The molecule has 1 fully saturated rings. The molecule has 0 aliphatic heterocycles. The smallest absolute Gasteiger partial charge is 0.0409 e. The van der Waals surface area contributed by atoms with E-state index in [4.69, 9.17) is 5.73 Å². The first-order chi connectivity index (χ1) is 8.68. The third-order valence-corrected chi connectivity index (χ3v) is 4.33. The van der Waals surface area contributed by atoms with Crippen LogP contribution in [0.1, 0.15) is 50.7 Å². The van der Waals surface area contributed by atoms with E-state index in [-0.39, 0.29) is 5.54 Å². The summed E-state index contributed by atoms with van der Waals surface area (Å²) >= 11 is 0. The molecule has 0 heterocycles. The number of benzene rings is 1. The number of nitrogens with two attached hydrogens (primary N) is 1. The fraction of sp³-hybridized carbons (Fsp3) is 0.625. The Labute approximate surface area is 111 Å². The van der Waals surface area contributed by atoms with Crippen LogP contribution in [0.15, 0.2) is 24.3 Å². The van der Waals surface area contributed by atoms with Crippen molar-refractivity contribution in [3.8, 4) is 0 Å². The SMILES string of the molecule is CCN(CC)Cc1ccc(C2(N)CCCC2)cc1. The van der Waals surface area contributed by atoms with Gasteiger partial charge in [0, 0.05) is 12.1 Å². The van der Waals surface area contributed by atoms with Crippen molar-refractivity contribution in [2.24, 2.45) is 5.73 Å². The second-order valence-corrected chi connectivity index (χ2v) is 5.52. The highest BCUT2D eigenvalue weighted by Crippen LogP contribution is 2.36. The van der Waals surface area contributed by atoms with Crippen LogP contribution in [0.25, 0.3) is 0 Å². The van der Waals surface area contributed by atoms with Gasteiger partial charge < -0.3 is 5.73 Å². The first-order valence-corrected chi connectivity index (χ1v) is 7.28. The average molecular weight is 246 g/mol. The van der Waals surface area contributed by atoms with E-state index in [1.54, 1.807) is 0 Å². The Morgan fingerprint density at radius 1 is 1.06 bits per heavy atom. The van der Waals surface area contributed by atoms with Gasteiger partial charge in [0.1, 0.15) is 0 Å². The summed E-state index contributed by atoms with van der Waals surface area (Å²) in [6.07, 6.45) is 4.83. The molecule has 0 spiro atoms. The summed E-state index contributed by atoms with van der Waals surface area (Å²) in [4.78, 5) is 2.43. The fourth-order valence-corrected chi connectivity index (χ4v) is 2.94. The molecular weight excluding hydrogens is 220 g/mol. The Kier molecular flexibility index (Phi) is 4.41. The highest BCUT2D eigenvalue weighted by molar-refractivity contribution is 5.29. The van der Waals surface area contributed by atoms with Gasteiger partial charge in [0.15, 0.2) is 0 Å². The molecule has 1 saturated carbocycles. The largest absolute Gasteiger partial charge is 0.321 e. The molecule has 1 aliphatic rings. The van der Waals surface area contributed by atoms with E-state index in [1.807, 2.05) is 0 Å². The van der Waals surface area contributed by atoms with Gasteiger partial charge in [-0.3, -0.25) is 4.90 Å². The van der Waals surface area contributed by atoms with Gasteiger partial charge in [-0.25, -0.2) is 0 Å². The summed E-state index contributed by atoms with van der Waals surface area (Å²) in [6.45, 7) is 7.69. The van der Waals surface area contributed by atoms with Gasteiger partial charge in [-0.15, -0.1) is 0 Å². The molecule has 1 aromatic rings. The lowest BCUT2D eigenvalue weighted by molar-refractivity contribution is 0.296. The van der Waals surface area contributed by atoms with E-state index in [0.29, 0.717) is 0 Å². The lowest BCUT2D eigenvalue weighted by Crippen LogP contribution is -2.33. The van der Waals surface area contributed by atoms with Crippen molar-refractivity contribution < 1.29 is 0 Å². The van der Waals surface area contributed by atoms with Crippen LogP contribution < -0.4 is 5.73 Å². The predicted molar refractivity (Wildman–Crippen MR) is 77.4 cm³/mol. The number of hydrogen-bond acceptors (Lipinski definition) is 2. The summed E-state index contributed by atoms with van der Waals surface area (Å²) in [5.74, 6) is 0. The zero-order valence-corrected chi connectivity index (χ0v) is 11.8. The predicted octanol–water partition coefficient (Wildman–Crippen LogP) is 3.26. The lowest BCUT2D eigenvalue weighted by Gasteiger charge is -2.25. The Balaban J connectivity index is 2.05. The summed E-state index contributed by atoms with van der Waals surface area (Å²) in [5, 5.41) is 0. The lowest BCUT2D eigenvalue weighted by atomic mass is 9.89. The molecule has 0 atom stereocenters. The van der Waals surface area contributed by atoms with E-state index in [1.165, 1.54) is 24.0 Å². The summed E-state index contributed by atoms with van der Waals surface area (Å²) in [5.41, 5.74) is 9.14. The minimum atomic E-state index is -0.0479. The molecule has 0 aromatic heterocycles. The van der Waals surface area contributed by atoms with Crippen molar-refractivity contribution in [2.45, 2.75) is 51.6 Å². The van der Waals surface area contributed by atoms with Gasteiger partial charge in [0.25, 0.3) is 0 Å². The van der Waals surface area contributed by atoms with Gasteiger partial charge in [-0.1, -0.05) is 51.0 Å². The topological polar surface area (TPSA) is 29.3 Å². The summed E-state index contributed by atoms with van der Waals surface area (Å²) < 4.78 is 0. The third kappa shape index (κ3) is 2.93. The Bertz CT molecular complexity index is 359. The molecule has 0 saturated heterocycles. The van der Waals surface area contributed by atoms with Crippen molar-refractivity contribution in [1.29, 1.82) is 0 Å². The van der Waals surface area contributed by atoms with Crippen LogP contribution in [0, 0.1) is 0 Å². The average Bonchev–Trinajstić information content (AvgIpc) is 2.85. The molecule has 1 aliphatic carbocycles. The second-order valence-electron chi connectivity index (χ2n) is 5.52. The van der Waals surface area contributed by atoms with Crippen molar-refractivity contribution in [1.82, 2.24) is 4.90 Å². The van der Waals surface area contributed by atoms with Gasteiger partial charge in [-0.05, 0) is 37.1 Å². The highest BCUT2D eigenvalue weighted by Gasteiger charge is 2.30. The third-order valence-electron chi connectivity index (χ3n) is 4.33. The van der Waals surface area contributed by atoms with Crippen LogP contribution in [0.3, 0.4) is 0 Å². The van der Waals surface area contributed by atoms with Gasteiger partial charge in [0.05, 0.1) is 0 Å². The molecule has 18 heavy (non-hydrogen) atoms. The maximum atomic E-state index is 6.47. The Morgan fingerprint density at radius 3 is 2.11 bits per heavy atom. The number of nitrogens with zero attached hydrogens (tertiary/aromatic N) is 1. The molecule has 0 bridgehead atoms. The van der Waals surface area contributed by atoms with Crippen LogP contribution in [0.2, 0.25) is 0 Å². The van der Waals surface area contributed by atoms with Gasteiger partial charge >= 0.3 is 0 Å². The van der Waals surface area contributed by atoms with Crippen LogP contribution in [-0.2, 0) is 12.1 Å². The summed E-state index contributed by atoms with van der Waals surface area (Å²) in [7, 11) is 0. The van der Waals surface area contributed by atoms with Crippen LogP contribution >= 0.6 is 0 Å². The van der Waals surface area contributed by atoms with Gasteiger partial charge in [-0.2, -0.15) is 0 Å². The highest BCUT2D eigenvalue weighted by atomic mass is 15.1. The Morgan fingerprint density at radius 2 is 1.61 bits per heavy atom. The molecule has 0 unspecified atom stereocenters. The minimum absolute atomic E-state index is 0.0479. The van der Waals surface area contributed by atoms with Crippen LogP contribution in [0.5, 0.6) is 0 Å². The van der Waals surface area contributed by atoms with E-state index in [9.17, 15) is 0 Å². The molecule has 2 N–H and O–H groups in total. The second kappa shape index (κ2) is 5.85. The molecular formula is C16H26N2. The molecule has 2 nitrogen and oxygen atoms in total. The van der Waals surface area contributed by atoms with Crippen molar-refractivity contribution >= 4 is 0 Å². The fourth-order valence-electron chi connectivity index (χ4n) is 2.94. The molecule has 2 rings (SSSR count). The van der Waals surface area contributed by atoms with Crippen molar-refractivity contribution in [3.05, 3.63) is 35.4 Å². The standard InChI is InChI=1S/C16H26N2/c1-3-18(4-2)13-14-7-9-15(10-8-14)16(17)11-5-6-12-16/h7-10H,3-6,11-13,17H2,1-2H3. The quantitative estimate of drug-likeness (QED) is 0.864. The Hall–Kier alpha value is -0.860. The zero-order chi connectivity index (χ0) is 13.0. The van der Waals surface area contributed by atoms with Crippen LogP contribution in [-0.4, -0.2) is 18.0 Å². The van der Waals surface area contributed by atoms with Gasteiger partial charge in [0.2, 0.25) is 0 Å². The van der Waals surface area contributed by atoms with Crippen LogP contribution in [0.4, 0.5) is 0 Å². The monoisotopic (exact) mass is 246 g/mol.